The van der Waals surface area contributed by atoms with E-state index in [2.05, 4.69) is 15.4 Å². The Kier molecular flexibility index (Phi) is 9.98. The number of carbonyl (C=O) groups is 5. The maximum Gasteiger partial charge on any atom is 0.410 e. The Balaban J connectivity index is 1.24. The maximum atomic E-state index is 14.3. The van der Waals surface area contributed by atoms with E-state index in [9.17, 15) is 41.9 Å². The molecular weight excluding hydrogens is 661 g/mol. The molecule has 266 valence electrons. The molecule has 3 aliphatic heterocycles. The van der Waals surface area contributed by atoms with Gasteiger partial charge >= 0.3 is 6.09 Å². The first kappa shape index (κ1) is 34.8. The number of halogens is 1. The number of fused-ring (bicyclic) bond motifs is 3. The van der Waals surface area contributed by atoms with E-state index in [1.807, 2.05) is 6.08 Å². The monoisotopic (exact) mass is 703 g/mol. The van der Waals surface area contributed by atoms with Crippen LogP contribution in [0.4, 0.5) is 9.18 Å². The van der Waals surface area contributed by atoms with Gasteiger partial charge in [-0.3, -0.25) is 28.8 Å². The van der Waals surface area contributed by atoms with Gasteiger partial charge in [-0.05, 0) is 50.2 Å². The molecule has 6 rings (SSSR count). The lowest BCUT2D eigenvalue weighted by molar-refractivity contribution is -0.142. The molecule has 5 amide bonds. The van der Waals surface area contributed by atoms with Crippen molar-refractivity contribution in [3.8, 4) is 0 Å². The molecule has 0 spiro atoms. The number of sulfonamides is 1. The van der Waals surface area contributed by atoms with Gasteiger partial charge in [0.25, 0.3) is 5.91 Å². The lowest BCUT2D eigenvalue weighted by Crippen LogP contribution is -2.58. The van der Waals surface area contributed by atoms with Gasteiger partial charge in [0.2, 0.25) is 27.7 Å². The standard InChI is InChI=1S/C33H42FN5O9S/c34-25-9-6-7-20-17-38(19-24(20)25)32(45)48-22-15-27-29(42)36-33(31(44)37-49(46,47)23-11-12-23)16-21(33)8-4-2-1-3-5-10-26(30(43)39(27)18-22)35-28(41)13-14-40/h4,6-9,21-23,26-27,40H,1-3,5,10-19H2,(H,35,41)(H,36,42)(H,37,44)/b8-4-/t21-,22-,26+,27?,33-/m1/s1. The van der Waals surface area contributed by atoms with Gasteiger partial charge in [-0.15, -0.1) is 0 Å². The van der Waals surface area contributed by atoms with Crippen molar-refractivity contribution in [1.82, 2.24) is 25.2 Å². The van der Waals surface area contributed by atoms with Crippen LogP contribution in [-0.4, -0.2) is 95.2 Å². The molecule has 1 unspecified atom stereocenters. The third kappa shape index (κ3) is 7.59. The number of aliphatic hydroxyl groups excluding tert-OH is 1. The summed E-state index contributed by atoms with van der Waals surface area (Å²) in [5, 5.41) is 14.1. The molecule has 0 bridgehead atoms. The molecule has 0 aromatic heterocycles. The van der Waals surface area contributed by atoms with Crippen molar-refractivity contribution in [1.29, 1.82) is 0 Å². The lowest BCUT2D eigenvalue weighted by atomic mass is 10.0. The second kappa shape index (κ2) is 14.1. The van der Waals surface area contributed by atoms with Crippen molar-refractivity contribution >= 4 is 39.7 Å². The Hall–Kier alpha value is -4.05. The van der Waals surface area contributed by atoms with E-state index in [0.717, 1.165) is 12.8 Å². The fraction of sp³-hybridized carbons (Fsp3) is 0.606. The molecule has 14 nitrogen and oxygen atoms in total. The van der Waals surface area contributed by atoms with E-state index in [4.69, 9.17) is 4.74 Å². The fourth-order valence-electron chi connectivity index (χ4n) is 6.94. The summed E-state index contributed by atoms with van der Waals surface area (Å²) >= 11 is 0. The predicted octanol–water partition coefficient (Wildman–Crippen LogP) is 1.12. The number of nitrogens with zero attached hydrogens (tertiary/aromatic N) is 2. The number of rotatable bonds is 7. The van der Waals surface area contributed by atoms with Crippen molar-refractivity contribution in [2.75, 3.05) is 13.2 Å². The highest BCUT2D eigenvalue weighted by Crippen LogP contribution is 2.46. The average molecular weight is 704 g/mol. The highest BCUT2D eigenvalue weighted by Gasteiger charge is 2.62. The van der Waals surface area contributed by atoms with Crippen LogP contribution in [0.5, 0.6) is 0 Å². The van der Waals surface area contributed by atoms with Crippen LogP contribution in [-0.2, 0) is 47.0 Å². The Labute approximate surface area is 283 Å². The first-order valence-electron chi connectivity index (χ1n) is 16.9. The SMILES string of the molecule is O=C(CCO)N[C@H]1CCCCC/C=C\[C@@H]2C[C@@]2(C(=O)NS(=O)(=O)C2CC2)NC(=O)C2C[C@@H](OC(=O)N3Cc4cccc(F)c4C3)CN2C1=O. The van der Waals surface area contributed by atoms with Gasteiger partial charge in [0.05, 0.1) is 24.9 Å². The summed E-state index contributed by atoms with van der Waals surface area (Å²) in [5.74, 6) is -3.62. The summed E-state index contributed by atoms with van der Waals surface area (Å²) in [4.78, 5) is 70.0. The summed E-state index contributed by atoms with van der Waals surface area (Å²) < 4.78 is 47.7. The summed E-state index contributed by atoms with van der Waals surface area (Å²) in [6.07, 6.45) is 5.67. The van der Waals surface area contributed by atoms with Crippen molar-refractivity contribution in [3.63, 3.8) is 0 Å². The van der Waals surface area contributed by atoms with E-state index in [1.54, 1.807) is 18.2 Å². The zero-order valence-corrected chi connectivity index (χ0v) is 27.9. The van der Waals surface area contributed by atoms with Crippen LogP contribution in [0.3, 0.4) is 0 Å². The van der Waals surface area contributed by atoms with Crippen molar-refractivity contribution in [2.24, 2.45) is 5.92 Å². The Morgan fingerprint density at radius 2 is 1.90 bits per heavy atom. The van der Waals surface area contributed by atoms with Crippen LogP contribution in [0.15, 0.2) is 30.4 Å². The predicted molar refractivity (Wildman–Crippen MR) is 171 cm³/mol. The van der Waals surface area contributed by atoms with E-state index < -0.39 is 87.1 Å². The van der Waals surface area contributed by atoms with Crippen LogP contribution < -0.4 is 15.4 Å². The first-order valence-corrected chi connectivity index (χ1v) is 18.4. The van der Waals surface area contributed by atoms with Crippen LogP contribution in [0.2, 0.25) is 0 Å². The first-order chi connectivity index (χ1) is 23.4. The van der Waals surface area contributed by atoms with Gasteiger partial charge < -0.3 is 25.4 Å². The highest BCUT2D eigenvalue weighted by molar-refractivity contribution is 7.91. The van der Waals surface area contributed by atoms with Crippen LogP contribution in [0.1, 0.15) is 75.3 Å². The Morgan fingerprint density at radius 1 is 1.10 bits per heavy atom. The fourth-order valence-corrected chi connectivity index (χ4v) is 8.31. The lowest BCUT2D eigenvalue weighted by Gasteiger charge is -2.30. The largest absolute Gasteiger partial charge is 0.444 e. The smallest absolute Gasteiger partial charge is 0.410 e. The number of ether oxygens (including phenoxy) is 1. The molecule has 4 N–H and O–H groups in total. The van der Waals surface area contributed by atoms with E-state index in [-0.39, 0.29) is 45.3 Å². The topological polar surface area (TPSA) is 192 Å². The zero-order valence-electron chi connectivity index (χ0n) is 27.1. The minimum absolute atomic E-state index is 0.00458. The summed E-state index contributed by atoms with van der Waals surface area (Å²) in [6.45, 7) is -0.490. The van der Waals surface area contributed by atoms with Gasteiger partial charge in [0.15, 0.2) is 0 Å². The molecule has 49 heavy (non-hydrogen) atoms. The van der Waals surface area contributed by atoms with E-state index in [1.165, 1.54) is 15.9 Å². The molecule has 1 aromatic rings. The molecule has 16 heteroatoms. The van der Waals surface area contributed by atoms with Crippen LogP contribution in [0.25, 0.3) is 0 Å². The molecule has 1 aromatic carbocycles. The Bertz CT molecular complexity index is 1650. The zero-order chi connectivity index (χ0) is 34.9. The molecule has 5 aliphatic rings. The average Bonchev–Trinajstić information content (AvgIpc) is 3.94. The number of nitrogens with one attached hydrogen (secondary N) is 3. The van der Waals surface area contributed by atoms with Crippen molar-refractivity contribution in [2.45, 2.75) is 106 Å². The number of hydrogen-bond donors (Lipinski definition) is 4. The molecule has 2 aliphatic carbocycles. The molecule has 3 heterocycles. The van der Waals surface area contributed by atoms with Crippen molar-refractivity contribution in [3.05, 3.63) is 47.3 Å². The van der Waals surface area contributed by atoms with Gasteiger partial charge in [-0.2, -0.15) is 0 Å². The number of aliphatic hydroxyl groups is 1. The quantitative estimate of drug-likeness (QED) is 0.302. The van der Waals surface area contributed by atoms with Gasteiger partial charge in [0, 0.05) is 30.9 Å². The minimum Gasteiger partial charge on any atom is -0.444 e. The Morgan fingerprint density at radius 3 is 2.63 bits per heavy atom. The number of amides is 5. The third-order valence-electron chi connectivity index (χ3n) is 9.97. The van der Waals surface area contributed by atoms with E-state index >= 15 is 0 Å². The number of carbonyl (C=O) groups excluding carboxylic acids is 5. The second-order valence-electron chi connectivity index (χ2n) is 13.6. The van der Waals surface area contributed by atoms with Gasteiger partial charge in [-0.1, -0.05) is 37.1 Å². The molecule has 3 fully saturated rings. The van der Waals surface area contributed by atoms with E-state index in [0.29, 0.717) is 36.8 Å². The van der Waals surface area contributed by atoms with Crippen LogP contribution >= 0.6 is 0 Å². The molecule has 0 radical (unpaired) electrons. The highest BCUT2D eigenvalue weighted by atomic mass is 32.2. The number of hydrogen-bond acceptors (Lipinski definition) is 9. The summed E-state index contributed by atoms with van der Waals surface area (Å²) in [5.41, 5.74) is -0.526. The van der Waals surface area contributed by atoms with Gasteiger partial charge in [0.1, 0.15) is 29.5 Å². The molecule has 1 saturated heterocycles. The van der Waals surface area contributed by atoms with Gasteiger partial charge in [-0.25, -0.2) is 17.6 Å². The number of allylic oxidation sites excluding steroid dienone is 1. The summed E-state index contributed by atoms with van der Waals surface area (Å²) in [7, 11) is -3.92. The summed E-state index contributed by atoms with van der Waals surface area (Å²) in [6, 6.07) is 2.32. The maximum absolute atomic E-state index is 14.3. The molecule has 5 atom stereocenters. The molecular formula is C33H42FN5O9S. The number of benzene rings is 1. The third-order valence-corrected chi connectivity index (χ3v) is 11.8. The van der Waals surface area contributed by atoms with Crippen molar-refractivity contribution < 1.29 is 46.6 Å². The molecule has 2 saturated carbocycles. The second-order valence-corrected chi connectivity index (χ2v) is 15.5. The normalized spacial score (nSPS) is 29.3. The minimum atomic E-state index is -3.92. The van der Waals surface area contributed by atoms with Crippen LogP contribution in [0, 0.1) is 11.7 Å².